The smallest absolute Gasteiger partial charge is 0.258 e. The van der Waals surface area contributed by atoms with E-state index in [0.717, 1.165) is 0 Å². The fraction of sp³-hybridized carbons (Fsp3) is 0.222. The highest BCUT2D eigenvalue weighted by Crippen LogP contribution is 2.42. The first-order valence-corrected chi connectivity index (χ1v) is 7.75. The number of methoxy groups -OCH3 is 1. The maximum atomic E-state index is 15.6. The first-order chi connectivity index (χ1) is 12.0. The molecule has 0 aliphatic rings. The van der Waals surface area contributed by atoms with Crippen molar-refractivity contribution in [2.24, 2.45) is 7.05 Å². The number of aromatic amines is 1. The Balaban J connectivity index is 2.26. The second-order valence-electron chi connectivity index (χ2n) is 5.99. The topological polar surface area (TPSA) is 73.1 Å². The van der Waals surface area contributed by atoms with E-state index in [1.165, 1.54) is 7.11 Å². The molecule has 0 saturated heterocycles. The van der Waals surface area contributed by atoms with Gasteiger partial charge in [0, 0.05) is 18.6 Å². The zero-order chi connectivity index (χ0) is 17.9. The van der Waals surface area contributed by atoms with Gasteiger partial charge in [0.25, 0.3) is 5.56 Å². The Morgan fingerprint density at radius 3 is 2.72 bits per heavy atom. The van der Waals surface area contributed by atoms with Crippen LogP contribution in [0.25, 0.3) is 32.9 Å². The number of H-pyrrole nitrogens is 1. The molecule has 0 bridgehead atoms. The van der Waals surface area contributed by atoms with Crippen molar-refractivity contribution in [2.75, 3.05) is 7.11 Å². The molecule has 0 aliphatic heterocycles. The molecular formula is C18H16FN3O3. The number of pyridine rings is 1. The third-order valence-corrected chi connectivity index (χ3v) is 4.61. The average molecular weight is 341 g/mol. The Morgan fingerprint density at radius 2 is 2.08 bits per heavy atom. The summed E-state index contributed by atoms with van der Waals surface area (Å²) in [6, 6.07) is 3.44. The van der Waals surface area contributed by atoms with Gasteiger partial charge in [0.15, 0.2) is 5.82 Å². The second kappa shape index (κ2) is 5.20. The Bertz CT molecular complexity index is 1180. The highest BCUT2D eigenvalue weighted by molar-refractivity contribution is 6.10. The lowest BCUT2D eigenvalue weighted by Gasteiger charge is -2.11. The van der Waals surface area contributed by atoms with Gasteiger partial charge in [0.2, 0.25) is 0 Å². The second-order valence-corrected chi connectivity index (χ2v) is 5.99. The fourth-order valence-electron chi connectivity index (χ4n) is 3.50. The number of hydrogen-bond donors (Lipinski definition) is 1. The molecule has 0 saturated carbocycles. The molecule has 4 rings (SSSR count). The summed E-state index contributed by atoms with van der Waals surface area (Å²) in [6.07, 6.45) is 1.55. The minimum Gasteiger partial charge on any atom is -0.496 e. The van der Waals surface area contributed by atoms with Gasteiger partial charge in [-0.3, -0.25) is 4.79 Å². The van der Waals surface area contributed by atoms with Crippen LogP contribution in [0.4, 0.5) is 4.39 Å². The van der Waals surface area contributed by atoms with Crippen LogP contribution < -0.4 is 10.3 Å². The summed E-state index contributed by atoms with van der Waals surface area (Å²) in [5.41, 5.74) is 2.14. The molecule has 128 valence electrons. The Labute approximate surface area is 141 Å². The van der Waals surface area contributed by atoms with E-state index in [-0.39, 0.29) is 11.1 Å². The van der Waals surface area contributed by atoms with E-state index in [1.54, 1.807) is 43.8 Å². The summed E-state index contributed by atoms with van der Waals surface area (Å²) < 4.78 is 27.9. The van der Waals surface area contributed by atoms with Crippen molar-refractivity contribution in [1.82, 2.24) is 14.7 Å². The molecule has 7 heteroatoms. The van der Waals surface area contributed by atoms with Crippen LogP contribution in [-0.4, -0.2) is 21.8 Å². The molecule has 4 aromatic rings. The van der Waals surface area contributed by atoms with E-state index in [0.29, 0.717) is 44.6 Å². The summed E-state index contributed by atoms with van der Waals surface area (Å²) in [5.74, 6) is 0.364. The van der Waals surface area contributed by atoms with Crippen LogP contribution in [0.5, 0.6) is 5.75 Å². The molecule has 0 atom stereocenters. The summed E-state index contributed by atoms with van der Waals surface area (Å²) in [5, 5.41) is 4.85. The van der Waals surface area contributed by atoms with Crippen molar-refractivity contribution >= 4 is 21.8 Å². The van der Waals surface area contributed by atoms with Gasteiger partial charge in [0.1, 0.15) is 11.5 Å². The molecule has 3 heterocycles. The number of halogens is 1. The van der Waals surface area contributed by atoms with Crippen LogP contribution in [-0.2, 0) is 7.05 Å². The molecule has 0 aliphatic carbocycles. The van der Waals surface area contributed by atoms with Gasteiger partial charge in [-0.05, 0) is 26.0 Å². The van der Waals surface area contributed by atoms with Gasteiger partial charge < -0.3 is 18.8 Å². The quantitative estimate of drug-likeness (QED) is 0.606. The van der Waals surface area contributed by atoms with Crippen LogP contribution in [0.15, 0.2) is 27.6 Å². The van der Waals surface area contributed by atoms with Gasteiger partial charge in [-0.2, -0.15) is 0 Å². The first kappa shape index (κ1) is 15.4. The van der Waals surface area contributed by atoms with Crippen molar-refractivity contribution in [2.45, 2.75) is 13.8 Å². The number of rotatable bonds is 2. The maximum absolute atomic E-state index is 15.6. The first-order valence-electron chi connectivity index (χ1n) is 7.75. The van der Waals surface area contributed by atoms with Crippen molar-refractivity contribution in [3.63, 3.8) is 0 Å². The van der Waals surface area contributed by atoms with Crippen LogP contribution in [0, 0.1) is 19.7 Å². The van der Waals surface area contributed by atoms with Crippen molar-refractivity contribution in [1.29, 1.82) is 0 Å². The number of hydrogen-bond acceptors (Lipinski definition) is 4. The van der Waals surface area contributed by atoms with Crippen LogP contribution >= 0.6 is 0 Å². The van der Waals surface area contributed by atoms with Gasteiger partial charge in [-0.25, -0.2) is 4.39 Å². The zero-order valence-corrected chi connectivity index (χ0v) is 14.2. The molecule has 0 unspecified atom stereocenters. The minimum atomic E-state index is -0.471. The number of nitrogens with one attached hydrogen (secondary N) is 1. The number of ether oxygens (including phenoxy) is 1. The number of aromatic nitrogens is 3. The number of fused-ring (bicyclic) bond motifs is 3. The molecule has 1 aromatic carbocycles. The van der Waals surface area contributed by atoms with Gasteiger partial charge >= 0.3 is 0 Å². The minimum absolute atomic E-state index is 0.269. The van der Waals surface area contributed by atoms with Crippen LogP contribution in [0.3, 0.4) is 0 Å². The number of nitrogens with zero attached hydrogens (tertiary/aromatic N) is 2. The summed E-state index contributed by atoms with van der Waals surface area (Å²) in [4.78, 5) is 14.9. The molecule has 6 nitrogen and oxygen atoms in total. The molecule has 3 aromatic heterocycles. The molecule has 1 N–H and O–H groups in total. The third-order valence-electron chi connectivity index (χ3n) is 4.61. The summed E-state index contributed by atoms with van der Waals surface area (Å²) in [6.45, 7) is 3.48. The van der Waals surface area contributed by atoms with Crippen LogP contribution in [0.1, 0.15) is 11.5 Å². The molecular weight excluding hydrogens is 325 g/mol. The van der Waals surface area contributed by atoms with E-state index in [1.807, 2.05) is 0 Å². The lowest BCUT2D eigenvalue weighted by atomic mass is 10.00. The number of benzene rings is 1. The van der Waals surface area contributed by atoms with Crippen molar-refractivity contribution < 1.29 is 13.7 Å². The van der Waals surface area contributed by atoms with Gasteiger partial charge in [-0.15, -0.1) is 0 Å². The normalized spacial score (nSPS) is 11.6. The van der Waals surface area contributed by atoms with E-state index in [9.17, 15) is 4.79 Å². The fourth-order valence-corrected chi connectivity index (χ4v) is 3.50. The summed E-state index contributed by atoms with van der Waals surface area (Å²) in [7, 11) is 3.20. The predicted molar refractivity (Wildman–Crippen MR) is 92.5 cm³/mol. The lowest BCUT2D eigenvalue weighted by Crippen LogP contribution is -2.03. The Morgan fingerprint density at radius 1 is 1.32 bits per heavy atom. The van der Waals surface area contributed by atoms with Gasteiger partial charge in [-0.1, -0.05) is 5.16 Å². The maximum Gasteiger partial charge on any atom is 0.258 e. The van der Waals surface area contributed by atoms with E-state index >= 15 is 4.39 Å². The molecule has 0 fully saturated rings. The van der Waals surface area contributed by atoms with E-state index < -0.39 is 5.82 Å². The highest BCUT2D eigenvalue weighted by Gasteiger charge is 2.26. The van der Waals surface area contributed by atoms with E-state index in [4.69, 9.17) is 9.26 Å². The van der Waals surface area contributed by atoms with E-state index in [2.05, 4.69) is 10.1 Å². The third kappa shape index (κ3) is 1.95. The lowest BCUT2D eigenvalue weighted by molar-refractivity contribution is 0.393. The molecule has 0 radical (unpaired) electrons. The van der Waals surface area contributed by atoms with Gasteiger partial charge in [0.05, 0.1) is 40.4 Å². The van der Waals surface area contributed by atoms with Crippen molar-refractivity contribution in [3.05, 3.63) is 46.0 Å². The standard InChI is InChI=1S/C18H16FN3O3/c1-8-13(9(2)25-21-8)15-12(24-4)7-10-14-11(5-6-20-18(14)23)22(3)17(10)16(15)19/h5-7H,1-4H3,(H,20,23). The summed E-state index contributed by atoms with van der Waals surface area (Å²) >= 11 is 0. The Hall–Kier alpha value is -3.09. The molecule has 25 heavy (non-hydrogen) atoms. The highest BCUT2D eigenvalue weighted by atomic mass is 19.1. The molecule has 0 spiro atoms. The average Bonchev–Trinajstić information content (AvgIpc) is 3.06. The monoisotopic (exact) mass is 341 g/mol. The largest absolute Gasteiger partial charge is 0.496 e. The zero-order valence-electron chi connectivity index (χ0n) is 14.2. The van der Waals surface area contributed by atoms with Crippen molar-refractivity contribution in [3.8, 4) is 16.9 Å². The Kier molecular flexibility index (Phi) is 3.21. The predicted octanol–water partition coefficient (Wildman–Crippen LogP) is 3.44. The number of aryl methyl sites for hydroxylation is 3. The van der Waals surface area contributed by atoms with Crippen LogP contribution in [0.2, 0.25) is 0 Å². The SMILES string of the molecule is COc1cc2c3c(=O)[nH]ccc3n(C)c2c(F)c1-c1c(C)noc1C. The molecule has 0 amide bonds.